The second-order valence-electron chi connectivity index (χ2n) is 5.88. The molecular weight excluding hydrogens is 306 g/mol. The van der Waals surface area contributed by atoms with Crippen LogP contribution in [0.5, 0.6) is 5.75 Å². The Balaban J connectivity index is 1.77. The van der Waals surface area contributed by atoms with Crippen molar-refractivity contribution in [3.8, 4) is 5.75 Å². The molecule has 1 aromatic carbocycles. The summed E-state index contributed by atoms with van der Waals surface area (Å²) in [6.45, 7) is 3.94. The van der Waals surface area contributed by atoms with E-state index < -0.39 is 0 Å². The molecule has 0 atom stereocenters. The first-order valence-corrected chi connectivity index (χ1v) is 7.83. The van der Waals surface area contributed by atoms with Gasteiger partial charge in [-0.25, -0.2) is 4.98 Å². The van der Waals surface area contributed by atoms with Crippen molar-refractivity contribution in [2.75, 3.05) is 23.4 Å². The predicted molar refractivity (Wildman–Crippen MR) is 91.2 cm³/mol. The molecule has 1 aromatic heterocycles. The first-order valence-electron chi connectivity index (χ1n) is 7.83. The Morgan fingerprint density at radius 1 is 1.29 bits per heavy atom. The Kier molecular flexibility index (Phi) is 4.46. The lowest BCUT2D eigenvalue weighted by molar-refractivity contribution is -0.123. The van der Waals surface area contributed by atoms with Crippen molar-refractivity contribution in [3.63, 3.8) is 0 Å². The molecule has 0 radical (unpaired) electrons. The lowest BCUT2D eigenvalue weighted by Crippen LogP contribution is -2.44. The highest BCUT2D eigenvalue weighted by molar-refractivity contribution is 6.04. The zero-order chi connectivity index (χ0) is 17.1. The van der Waals surface area contributed by atoms with E-state index in [0.29, 0.717) is 11.6 Å². The molecule has 2 amide bonds. The van der Waals surface area contributed by atoms with Crippen LogP contribution in [0.2, 0.25) is 0 Å². The molecule has 1 aliphatic heterocycles. The van der Waals surface area contributed by atoms with Crippen LogP contribution in [-0.2, 0) is 9.59 Å². The highest BCUT2D eigenvalue weighted by atomic mass is 16.5. The third-order valence-corrected chi connectivity index (χ3v) is 3.82. The number of fused-ring (bicyclic) bond motifs is 1. The topological polar surface area (TPSA) is 71.5 Å². The van der Waals surface area contributed by atoms with Gasteiger partial charge >= 0.3 is 0 Å². The fraction of sp³-hybridized carbons (Fsp3) is 0.278. The summed E-state index contributed by atoms with van der Waals surface area (Å²) >= 11 is 0. The van der Waals surface area contributed by atoms with Gasteiger partial charge in [-0.05, 0) is 29.7 Å². The van der Waals surface area contributed by atoms with E-state index in [1.807, 2.05) is 24.3 Å². The van der Waals surface area contributed by atoms with E-state index in [0.717, 1.165) is 11.3 Å². The first kappa shape index (κ1) is 16.0. The molecule has 0 spiro atoms. The Bertz CT molecular complexity index is 774. The summed E-state index contributed by atoms with van der Waals surface area (Å²) in [6.07, 6.45) is 1.57. The van der Waals surface area contributed by atoms with Crippen LogP contribution in [0.15, 0.2) is 42.6 Å². The fourth-order valence-corrected chi connectivity index (χ4v) is 2.64. The van der Waals surface area contributed by atoms with Crippen molar-refractivity contribution >= 4 is 23.3 Å². The summed E-state index contributed by atoms with van der Waals surface area (Å²) in [5.41, 5.74) is 1.82. The Hall–Kier alpha value is -2.89. The molecule has 1 N–H and O–H groups in total. The van der Waals surface area contributed by atoms with E-state index >= 15 is 0 Å². The smallest absolute Gasteiger partial charge is 0.266 e. The van der Waals surface area contributed by atoms with Crippen molar-refractivity contribution in [2.24, 2.45) is 0 Å². The van der Waals surface area contributed by atoms with Gasteiger partial charge in [0.25, 0.3) is 5.91 Å². The second kappa shape index (κ2) is 6.70. The van der Waals surface area contributed by atoms with Crippen molar-refractivity contribution in [1.82, 2.24) is 4.98 Å². The number of pyridine rings is 1. The number of ether oxygens (including phenoxy) is 1. The number of carbonyl (C=O) groups is 2. The van der Waals surface area contributed by atoms with Crippen molar-refractivity contribution in [3.05, 3.63) is 48.2 Å². The number of nitrogens with zero attached hydrogens (tertiary/aromatic N) is 2. The maximum atomic E-state index is 12.4. The molecule has 3 rings (SSSR count). The summed E-state index contributed by atoms with van der Waals surface area (Å²) < 4.78 is 5.33. The van der Waals surface area contributed by atoms with Gasteiger partial charge in [-0.2, -0.15) is 0 Å². The molecule has 0 saturated heterocycles. The zero-order valence-electron chi connectivity index (χ0n) is 13.7. The van der Waals surface area contributed by atoms with Crippen molar-refractivity contribution < 1.29 is 14.3 Å². The van der Waals surface area contributed by atoms with Gasteiger partial charge in [0.2, 0.25) is 5.91 Å². The van der Waals surface area contributed by atoms with Crippen molar-refractivity contribution in [2.45, 2.75) is 19.8 Å². The van der Waals surface area contributed by atoms with Crippen LogP contribution in [0.25, 0.3) is 0 Å². The Morgan fingerprint density at radius 3 is 2.88 bits per heavy atom. The summed E-state index contributed by atoms with van der Waals surface area (Å²) in [5, 5.41) is 2.89. The zero-order valence-corrected chi connectivity index (χ0v) is 13.7. The van der Waals surface area contributed by atoms with Gasteiger partial charge in [-0.3, -0.25) is 14.5 Å². The number of amides is 2. The minimum Gasteiger partial charge on any atom is -0.480 e. The van der Waals surface area contributed by atoms with Crippen molar-refractivity contribution in [1.29, 1.82) is 0 Å². The lowest BCUT2D eigenvalue weighted by atomic mass is 10.0. The summed E-state index contributed by atoms with van der Waals surface area (Å²) in [7, 11) is 0. The van der Waals surface area contributed by atoms with E-state index in [9.17, 15) is 9.59 Å². The van der Waals surface area contributed by atoms with Crippen LogP contribution >= 0.6 is 0 Å². The molecular formula is C18H19N3O3. The Labute approximate surface area is 140 Å². The highest BCUT2D eigenvalue weighted by Gasteiger charge is 2.28. The van der Waals surface area contributed by atoms with Gasteiger partial charge in [0.15, 0.2) is 18.2 Å². The molecule has 124 valence electrons. The third-order valence-electron chi connectivity index (χ3n) is 3.82. The van der Waals surface area contributed by atoms with E-state index in [1.165, 1.54) is 4.90 Å². The van der Waals surface area contributed by atoms with Gasteiger partial charge in [0, 0.05) is 11.9 Å². The van der Waals surface area contributed by atoms with Crippen LogP contribution in [0, 0.1) is 0 Å². The van der Waals surface area contributed by atoms with Gasteiger partial charge in [-0.1, -0.05) is 32.0 Å². The number of rotatable bonds is 4. The van der Waals surface area contributed by atoms with Crippen LogP contribution in [0.3, 0.4) is 0 Å². The van der Waals surface area contributed by atoms with E-state index in [1.54, 1.807) is 18.3 Å². The standard InChI is InChI=1S/C18H19N3O3/c1-12(2)13-6-3-4-7-14(13)20-16(22)10-21-17(23)11-24-15-8-5-9-19-18(15)21/h3-9,12H,10-11H2,1-2H3,(H,20,22). The molecule has 24 heavy (non-hydrogen) atoms. The number of para-hydroxylation sites is 1. The number of hydrogen-bond donors (Lipinski definition) is 1. The minimum atomic E-state index is -0.284. The molecule has 0 aliphatic carbocycles. The number of nitrogens with one attached hydrogen (secondary N) is 1. The SMILES string of the molecule is CC(C)c1ccccc1NC(=O)CN1C(=O)COc2cccnc21. The van der Waals surface area contributed by atoms with E-state index in [-0.39, 0.29) is 30.9 Å². The maximum Gasteiger partial charge on any atom is 0.266 e. The Morgan fingerprint density at radius 2 is 2.08 bits per heavy atom. The van der Waals surface area contributed by atoms with E-state index in [2.05, 4.69) is 24.1 Å². The fourth-order valence-electron chi connectivity index (χ4n) is 2.64. The predicted octanol–water partition coefficient (Wildman–Crippen LogP) is 2.57. The molecule has 0 bridgehead atoms. The number of anilines is 2. The normalized spacial score (nSPS) is 13.5. The average Bonchev–Trinajstić information content (AvgIpc) is 2.58. The number of hydrogen-bond acceptors (Lipinski definition) is 4. The number of aromatic nitrogens is 1. The van der Waals surface area contributed by atoms with Gasteiger partial charge in [-0.15, -0.1) is 0 Å². The van der Waals surface area contributed by atoms with Crippen LogP contribution in [0.4, 0.5) is 11.5 Å². The summed E-state index contributed by atoms with van der Waals surface area (Å²) in [4.78, 5) is 30.0. The molecule has 0 fully saturated rings. The molecule has 6 nitrogen and oxygen atoms in total. The monoisotopic (exact) mass is 325 g/mol. The number of benzene rings is 1. The second-order valence-corrected chi connectivity index (χ2v) is 5.88. The van der Waals surface area contributed by atoms with Crippen LogP contribution in [-0.4, -0.2) is 29.9 Å². The van der Waals surface area contributed by atoms with Gasteiger partial charge < -0.3 is 10.1 Å². The van der Waals surface area contributed by atoms with E-state index in [4.69, 9.17) is 4.74 Å². The summed E-state index contributed by atoms with van der Waals surface area (Å²) in [6, 6.07) is 11.1. The van der Waals surface area contributed by atoms with Gasteiger partial charge in [0.05, 0.1) is 0 Å². The quantitative estimate of drug-likeness (QED) is 0.938. The molecule has 2 heterocycles. The highest BCUT2D eigenvalue weighted by Crippen LogP contribution is 2.29. The molecule has 6 heteroatoms. The molecule has 0 unspecified atom stereocenters. The van der Waals surface area contributed by atoms with Crippen LogP contribution < -0.4 is 15.0 Å². The average molecular weight is 325 g/mol. The van der Waals surface area contributed by atoms with Gasteiger partial charge in [0.1, 0.15) is 6.54 Å². The lowest BCUT2D eigenvalue weighted by Gasteiger charge is -2.27. The molecule has 0 saturated carbocycles. The third kappa shape index (κ3) is 3.22. The molecule has 2 aromatic rings. The maximum absolute atomic E-state index is 12.4. The number of carbonyl (C=O) groups excluding carboxylic acids is 2. The first-order chi connectivity index (χ1) is 11.6. The van der Waals surface area contributed by atoms with Crippen LogP contribution in [0.1, 0.15) is 25.3 Å². The largest absolute Gasteiger partial charge is 0.480 e. The molecule has 1 aliphatic rings. The minimum absolute atomic E-state index is 0.0887. The summed E-state index contributed by atoms with van der Waals surface area (Å²) in [5.74, 6) is 0.617.